The van der Waals surface area contributed by atoms with E-state index >= 15 is 0 Å². The highest BCUT2D eigenvalue weighted by molar-refractivity contribution is 5.84. The highest BCUT2D eigenvalue weighted by Gasteiger charge is 2.28. The number of carboxylic acids is 1. The summed E-state index contributed by atoms with van der Waals surface area (Å²) in [6.45, 7) is 3.53. The van der Waals surface area contributed by atoms with Crippen molar-refractivity contribution in [2.24, 2.45) is 5.92 Å². The molecule has 39 heavy (non-hydrogen) atoms. The van der Waals surface area contributed by atoms with Gasteiger partial charge in [-0.2, -0.15) is 0 Å². The van der Waals surface area contributed by atoms with Crippen molar-refractivity contribution >= 4 is 18.0 Å². The second kappa shape index (κ2) is 14.0. The smallest absolute Gasteiger partial charge is 0.342 e. The van der Waals surface area contributed by atoms with E-state index in [1.54, 1.807) is 18.2 Å². The van der Waals surface area contributed by atoms with Crippen molar-refractivity contribution in [1.29, 1.82) is 0 Å². The van der Waals surface area contributed by atoms with Crippen LogP contribution >= 0.6 is 0 Å². The molecule has 2 atom stereocenters. The molecular formula is C30H34N2O7. The normalized spacial score (nSPS) is 12.3. The number of methoxy groups -OCH3 is 1. The Morgan fingerprint density at radius 1 is 0.846 bits per heavy atom. The van der Waals surface area contributed by atoms with E-state index in [9.17, 15) is 24.6 Å². The molecule has 9 heteroatoms. The van der Waals surface area contributed by atoms with Crippen molar-refractivity contribution in [3.63, 3.8) is 0 Å². The number of esters is 1. The number of carbonyl (C=O) groups is 3. The number of benzene rings is 3. The minimum Gasteiger partial charge on any atom is -0.493 e. The number of amides is 2. The van der Waals surface area contributed by atoms with Gasteiger partial charge in [0.15, 0.2) is 17.6 Å². The lowest BCUT2D eigenvalue weighted by atomic mass is 10.0. The Labute approximate surface area is 228 Å². The summed E-state index contributed by atoms with van der Waals surface area (Å²) in [4.78, 5) is 38.9. The maximum Gasteiger partial charge on any atom is 0.342 e. The largest absolute Gasteiger partial charge is 0.493 e. The van der Waals surface area contributed by atoms with Crippen LogP contribution in [0.25, 0.3) is 11.1 Å². The first-order valence-corrected chi connectivity index (χ1v) is 12.6. The lowest BCUT2D eigenvalue weighted by Crippen LogP contribution is -2.52. The quantitative estimate of drug-likeness (QED) is 0.237. The molecular weight excluding hydrogens is 500 g/mol. The molecule has 2 amide bonds. The van der Waals surface area contributed by atoms with Crippen LogP contribution in [0.15, 0.2) is 78.9 Å². The summed E-state index contributed by atoms with van der Waals surface area (Å²) in [5, 5.41) is 22.8. The molecule has 0 fully saturated rings. The molecule has 0 bridgehead atoms. The molecule has 0 spiro atoms. The molecule has 9 nitrogen and oxygen atoms in total. The molecule has 3 rings (SSSR count). The average Bonchev–Trinajstić information content (AvgIpc) is 2.93. The topological polar surface area (TPSA) is 125 Å². The van der Waals surface area contributed by atoms with Gasteiger partial charge in [0.2, 0.25) is 0 Å². The van der Waals surface area contributed by atoms with Crippen LogP contribution in [-0.4, -0.2) is 65.4 Å². The second-order valence-electron chi connectivity index (χ2n) is 9.49. The number of nitrogens with zero attached hydrogens (tertiary/aromatic N) is 1. The summed E-state index contributed by atoms with van der Waals surface area (Å²) in [7, 11) is 1.42. The van der Waals surface area contributed by atoms with Crippen LogP contribution in [0.2, 0.25) is 0 Å². The molecule has 3 aromatic carbocycles. The van der Waals surface area contributed by atoms with E-state index in [4.69, 9.17) is 9.47 Å². The van der Waals surface area contributed by atoms with E-state index in [-0.39, 0.29) is 31.2 Å². The van der Waals surface area contributed by atoms with Crippen LogP contribution in [0.5, 0.6) is 11.5 Å². The van der Waals surface area contributed by atoms with Gasteiger partial charge in [0.25, 0.3) is 0 Å². The first-order valence-electron chi connectivity index (χ1n) is 12.6. The summed E-state index contributed by atoms with van der Waals surface area (Å²) in [6.07, 6.45) is -1.60. The van der Waals surface area contributed by atoms with Gasteiger partial charge in [0.1, 0.15) is 6.04 Å². The molecule has 0 aliphatic carbocycles. The Balaban J connectivity index is 1.66. The van der Waals surface area contributed by atoms with Crippen molar-refractivity contribution < 1.29 is 34.1 Å². The fourth-order valence-electron chi connectivity index (χ4n) is 3.98. The monoisotopic (exact) mass is 534 g/mol. The van der Waals surface area contributed by atoms with Gasteiger partial charge in [-0.05, 0) is 34.7 Å². The Hall–Kier alpha value is -4.37. The van der Waals surface area contributed by atoms with Crippen molar-refractivity contribution in [3.05, 3.63) is 84.4 Å². The minimum atomic E-state index is -1.66. The van der Waals surface area contributed by atoms with E-state index < -0.39 is 30.1 Å². The van der Waals surface area contributed by atoms with Gasteiger partial charge in [-0.1, -0.05) is 80.6 Å². The molecule has 0 saturated heterocycles. The maximum atomic E-state index is 13.1. The van der Waals surface area contributed by atoms with Gasteiger partial charge < -0.3 is 29.9 Å². The van der Waals surface area contributed by atoms with Crippen molar-refractivity contribution in [3.8, 4) is 22.6 Å². The van der Waals surface area contributed by atoms with Crippen LogP contribution in [0.1, 0.15) is 19.4 Å². The van der Waals surface area contributed by atoms with Crippen LogP contribution in [0.4, 0.5) is 4.79 Å². The van der Waals surface area contributed by atoms with Gasteiger partial charge in [0.05, 0.1) is 13.7 Å². The maximum absolute atomic E-state index is 13.1. The summed E-state index contributed by atoms with van der Waals surface area (Å²) in [6, 6.07) is 21.8. The predicted molar refractivity (Wildman–Crippen MR) is 147 cm³/mol. The molecule has 206 valence electrons. The van der Waals surface area contributed by atoms with Gasteiger partial charge in [-0.25, -0.2) is 14.4 Å². The van der Waals surface area contributed by atoms with Gasteiger partial charge in [-0.3, -0.25) is 0 Å². The Bertz CT molecular complexity index is 1250. The first-order chi connectivity index (χ1) is 18.7. The Kier molecular flexibility index (Phi) is 10.5. The summed E-state index contributed by atoms with van der Waals surface area (Å²) in [5.74, 6) is -1.73. The van der Waals surface area contributed by atoms with Crippen molar-refractivity contribution in [1.82, 2.24) is 10.2 Å². The molecule has 0 aromatic heterocycles. The third-order valence-electron chi connectivity index (χ3n) is 5.91. The van der Waals surface area contributed by atoms with Crippen molar-refractivity contribution in [2.45, 2.75) is 32.4 Å². The van der Waals surface area contributed by atoms with Crippen LogP contribution in [0, 0.1) is 5.92 Å². The lowest BCUT2D eigenvalue weighted by molar-refractivity contribution is -0.144. The number of para-hydroxylation sites is 2. The van der Waals surface area contributed by atoms with E-state index in [1.807, 2.05) is 68.4 Å². The van der Waals surface area contributed by atoms with Crippen LogP contribution in [-0.2, 0) is 16.0 Å². The average molecular weight is 535 g/mol. The SMILES string of the molecule is COc1ccccc1OC(=O)C(O)CN(CC(C)C)C(=O)NC(Cc1ccc(-c2ccccc2)cc1)C(=O)O. The van der Waals surface area contributed by atoms with E-state index in [2.05, 4.69) is 5.32 Å². The number of aliphatic hydroxyl groups is 1. The van der Waals surface area contributed by atoms with E-state index in [0.29, 0.717) is 5.75 Å². The number of carbonyl (C=O) groups excluding carboxylic acids is 2. The highest BCUT2D eigenvalue weighted by Crippen LogP contribution is 2.26. The third kappa shape index (κ3) is 8.58. The summed E-state index contributed by atoms with van der Waals surface area (Å²) >= 11 is 0. The minimum absolute atomic E-state index is 0.0120. The summed E-state index contributed by atoms with van der Waals surface area (Å²) in [5.41, 5.74) is 2.77. The number of rotatable bonds is 12. The molecule has 0 radical (unpaired) electrons. The van der Waals surface area contributed by atoms with Crippen molar-refractivity contribution in [2.75, 3.05) is 20.2 Å². The molecule has 0 aliphatic heterocycles. The number of aliphatic hydroxyl groups excluding tert-OH is 1. The summed E-state index contributed by atoms with van der Waals surface area (Å²) < 4.78 is 10.4. The standard InChI is InChI=1S/C30H34N2O7/c1-20(2)18-32(19-25(33)29(36)39-27-12-8-7-11-26(27)38-3)30(37)31-24(28(34)35)17-21-13-15-23(16-14-21)22-9-5-4-6-10-22/h4-16,20,24-25,33H,17-19H2,1-3H3,(H,31,37)(H,34,35). The van der Waals surface area contributed by atoms with Gasteiger partial charge in [0, 0.05) is 13.0 Å². The molecule has 0 aliphatic rings. The van der Waals surface area contributed by atoms with Crippen LogP contribution in [0.3, 0.4) is 0 Å². The number of nitrogens with one attached hydrogen (secondary N) is 1. The lowest BCUT2D eigenvalue weighted by Gasteiger charge is -2.28. The zero-order valence-corrected chi connectivity index (χ0v) is 22.2. The fourth-order valence-corrected chi connectivity index (χ4v) is 3.98. The van der Waals surface area contributed by atoms with Gasteiger partial charge in [-0.15, -0.1) is 0 Å². The number of ether oxygens (including phenoxy) is 2. The molecule has 3 aromatic rings. The number of aliphatic carboxylic acids is 1. The fraction of sp³-hybridized carbons (Fsp3) is 0.300. The zero-order valence-electron chi connectivity index (χ0n) is 22.2. The molecule has 0 saturated carbocycles. The first kappa shape index (κ1) is 29.2. The van der Waals surface area contributed by atoms with Gasteiger partial charge >= 0.3 is 18.0 Å². The molecule has 0 heterocycles. The predicted octanol–water partition coefficient (Wildman–Crippen LogP) is 3.99. The molecule has 3 N–H and O–H groups in total. The number of urea groups is 1. The third-order valence-corrected chi connectivity index (χ3v) is 5.91. The number of hydrogen-bond donors (Lipinski definition) is 3. The van der Waals surface area contributed by atoms with E-state index in [1.165, 1.54) is 18.1 Å². The highest BCUT2D eigenvalue weighted by atomic mass is 16.6. The van der Waals surface area contributed by atoms with Crippen LogP contribution < -0.4 is 14.8 Å². The zero-order chi connectivity index (χ0) is 28.4. The molecule has 2 unspecified atom stereocenters. The Morgan fingerprint density at radius 2 is 1.44 bits per heavy atom. The van der Waals surface area contributed by atoms with E-state index in [0.717, 1.165) is 16.7 Å². The number of hydrogen-bond acceptors (Lipinski definition) is 6. The number of carboxylic acid groups (broad SMARTS) is 1. The Morgan fingerprint density at radius 3 is 2.03 bits per heavy atom. The second-order valence-corrected chi connectivity index (χ2v) is 9.49.